The van der Waals surface area contributed by atoms with Gasteiger partial charge in [0.05, 0.1) is 12.6 Å². The van der Waals surface area contributed by atoms with Gasteiger partial charge in [0.15, 0.2) is 5.96 Å². The van der Waals surface area contributed by atoms with E-state index in [1.54, 1.807) is 31.3 Å². The minimum absolute atomic E-state index is 0. The molecule has 0 spiro atoms. The van der Waals surface area contributed by atoms with Crippen molar-refractivity contribution in [3.63, 3.8) is 0 Å². The van der Waals surface area contributed by atoms with E-state index in [-0.39, 0.29) is 47.9 Å². The Kier molecular flexibility index (Phi) is 10.2. The summed E-state index contributed by atoms with van der Waals surface area (Å²) in [5.41, 5.74) is 1.61. The van der Waals surface area contributed by atoms with E-state index in [1.165, 1.54) is 12.1 Å². The van der Waals surface area contributed by atoms with Gasteiger partial charge in [-0.15, -0.1) is 24.0 Å². The number of morpholine rings is 1. The molecule has 2 aromatic rings. The van der Waals surface area contributed by atoms with Gasteiger partial charge in [-0.1, -0.05) is 30.3 Å². The molecule has 0 bridgehead atoms. The molecule has 1 amide bonds. The van der Waals surface area contributed by atoms with Crippen molar-refractivity contribution in [3.8, 4) is 0 Å². The molecule has 1 aliphatic heterocycles. The average Bonchev–Trinajstić information content (AvgIpc) is 2.76. The molecule has 1 fully saturated rings. The summed E-state index contributed by atoms with van der Waals surface area (Å²) in [6, 6.07) is 15.6. The third kappa shape index (κ3) is 7.46. The van der Waals surface area contributed by atoms with E-state index in [4.69, 9.17) is 4.74 Å². The fourth-order valence-corrected chi connectivity index (χ4v) is 3.50. The molecule has 6 nitrogen and oxygen atoms in total. The minimum atomic E-state index is -0.253. The maximum Gasteiger partial charge on any atom is 0.251 e. The number of hydrogen-bond acceptors (Lipinski definition) is 3. The maximum atomic E-state index is 13.2. The Morgan fingerprint density at radius 1 is 1.10 bits per heavy atom. The Morgan fingerprint density at radius 3 is 2.45 bits per heavy atom. The summed E-state index contributed by atoms with van der Waals surface area (Å²) in [5.74, 6) is 0.479. The topological polar surface area (TPSA) is 66.0 Å². The molecule has 2 unspecified atom stereocenters. The number of nitrogens with one attached hydrogen (secondary N) is 2. The van der Waals surface area contributed by atoms with E-state index in [0.717, 1.165) is 24.5 Å². The molecule has 0 aromatic heterocycles. The summed E-state index contributed by atoms with van der Waals surface area (Å²) in [6.45, 7) is 4.65. The van der Waals surface area contributed by atoms with E-state index < -0.39 is 0 Å². The van der Waals surface area contributed by atoms with Crippen molar-refractivity contribution < 1.29 is 13.9 Å². The average molecular weight is 540 g/mol. The summed E-state index contributed by atoms with van der Waals surface area (Å²) >= 11 is 0. The molecule has 168 valence electrons. The van der Waals surface area contributed by atoms with Gasteiger partial charge in [0, 0.05) is 32.2 Å². The van der Waals surface area contributed by atoms with Gasteiger partial charge in [-0.2, -0.15) is 0 Å². The van der Waals surface area contributed by atoms with Gasteiger partial charge >= 0.3 is 0 Å². The smallest absolute Gasteiger partial charge is 0.251 e. The molecule has 1 aliphatic rings. The highest BCUT2D eigenvalue weighted by molar-refractivity contribution is 14.0. The second-order valence-electron chi connectivity index (χ2n) is 7.34. The second kappa shape index (κ2) is 12.6. The number of aliphatic imine (C=N–C) groups is 1. The Bertz CT molecular complexity index is 848. The summed E-state index contributed by atoms with van der Waals surface area (Å²) in [5, 5.41) is 6.29. The molecule has 2 aromatic carbocycles. The van der Waals surface area contributed by atoms with Crippen LogP contribution in [0.4, 0.5) is 4.39 Å². The first kappa shape index (κ1) is 25.1. The highest BCUT2D eigenvalue weighted by atomic mass is 127. The number of ether oxygens (including phenoxy) is 1. The number of guanidine groups is 1. The van der Waals surface area contributed by atoms with Gasteiger partial charge < -0.3 is 20.3 Å². The molecule has 8 heteroatoms. The van der Waals surface area contributed by atoms with Crippen LogP contribution in [0, 0.1) is 5.82 Å². The van der Waals surface area contributed by atoms with Gasteiger partial charge in [0.25, 0.3) is 5.91 Å². The van der Waals surface area contributed by atoms with Crippen LogP contribution in [0.3, 0.4) is 0 Å². The molecule has 2 atom stereocenters. The molecule has 31 heavy (non-hydrogen) atoms. The van der Waals surface area contributed by atoms with Crippen molar-refractivity contribution in [2.24, 2.45) is 4.99 Å². The van der Waals surface area contributed by atoms with Crippen LogP contribution in [-0.2, 0) is 4.74 Å². The number of rotatable bonds is 6. The molecule has 0 saturated carbocycles. The number of nitrogens with zero attached hydrogens (tertiary/aromatic N) is 2. The van der Waals surface area contributed by atoms with Crippen LogP contribution in [0.15, 0.2) is 59.6 Å². The van der Waals surface area contributed by atoms with Crippen LogP contribution in [0.1, 0.15) is 35.4 Å². The molecule has 1 saturated heterocycles. The molecule has 2 N–H and O–H groups in total. The third-order valence-electron chi connectivity index (χ3n) is 4.97. The number of amides is 1. The number of halogens is 2. The van der Waals surface area contributed by atoms with Crippen molar-refractivity contribution in [1.82, 2.24) is 15.5 Å². The van der Waals surface area contributed by atoms with Crippen LogP contribution < -0.4 is 10.6 Å². The van der Waals surface area contributed by atoms with Crippen molar-refractivity contribution in [2.45, 2.75) is 25.6 Å². The van der Waals surface area contributed by atoms with E-state index in [9.17, 15) is 9.18 Å². The van der Waals surface area contributed by atoms with Crippen molar-refractivity contribution in [2.75, 3.05) is 33.2 Å². The molecule has 1 heterocycles. The number of carbonyl (C=O) groups excluding carboxylic acids is 1. The number of hydrogen-bond donors (Lipinski definition) is 2. The summed E-state index contributed by atoms with van der Waals surface area (Å²) < 4.78 is 19.3. The monoisotopic (exact) mass is 540 g/mol. The zero-order valence-corrected chi connectivity index (χ0v) is 20.2. The first-order chi connectivity index (χ1) is 14.6. The van der Waals surface area contributed by atoms with E-state index in [2.05, 4.69) is 20.5 Å². The van der Waals surface area contributed by atoms with Crippen molar-refractivity contribution in [1.29, 1.82) is 0 Å². The standard InChI is InChI=1S/C23H29FN4O2.HI/c1-17-15-28(16-21(30-17)18-9-11-20(24)12-10-18)23(25-2)27-14-6-13-26-22(29)19-7-4-3-5-8-19;/h3-5,7-12,17,21H,6,13-16H2,1-2H3,(H,25,27)(H,26,29);1H. The highest BCUT2D eigenvalue weighted by Gasteiger charge is 2.28. The Balaban J connectivity index is 0.00000341. The fourth-order valence-electron chi connectivity index (χ4n) is 3.50. The van der Waals surface area contributed by atoms with Crippen molar-refractivity contribution in [3.05, 3.63) is 71.5 Å². The van der Waals surface area contributed by atoms with Crippen LogP contribution in [0.25, 0.3) is 0 Å². The Labute approximate surface area is 200 Å². The predicted molar refractivity (Wildman–Crippen MR) is 131 cm³/mol. The van der Waals surface area contributed by atoms with Crippen LogP contribution in [0.5, 0.6) is 0 Å². The van der Waals surface area contributed by atoms with Gasteiger partial charge in [0.2, 0.25) is 0 Å². The van der Waals surface area contributed by atoms with Gasteiger partial charge in [-0.3, -0.25) is 9.79 Å². The summed E-state index contributed by atoms with van der Waals surface area (Å²) in [6.07, 6.45) is 0.661. The summed E-state index contributed by atoms with van der Waals surface area (Å²) in [7, 11) is 1.76. The third-order valence-corrected chi connectivity index (χ3v) is 4.97. The SMILES string of the molecule is CN=C(NCCCNC(=O)c1ccccc1)N1CC(C)OC(c2ccc(F)cc2)C1.I. The first-order valence-electron chi connectivity index (χ1n) is 10.3. The zero-order chi connectivity index (χ0) is 21.3. The largest absolute Gasteiger partial charge is 0.367 e. The zero-order valence-electron chi connectivity index (χ0n) is 17.9. The minimum Gasteiger partial charge on any atom is -0.367 e. The van der Waals surface area contributed by atoms with E-state index in [1.807, 2.05) is 25.1 Å². The first-order valence-corrected chi connectivity index (χ1v) is 10.3. The normalized spacial score (nSPS) is 18.8. The highest BCUT2D eigenvalue weighted by Crippen LogP contribution is 2.25. The Morgan fingerprint density at radius 2 is 1.77 bits per heavy atom. The molecule has 3 rings (SSSR count). The van der Waals surface area contributed by atoms with Crippen LogP contribution in [-0.4, -0.2) is 56.1 Å². The quantitative estimate of drug-likeness (QED) is 0.255. The lowest BCUT2D eigenvalue weighted by Gasteiger charge is -2.38. The lowest BCUT2D eigenvalue weighted by Crippen LogP contribution is -2.51. The number of carbonyl (C=O) groups is 1. The second-order valence-corrected chi connectivity index (χ2v) is 7.34. The molecular formula is C23H30FIN4O2. The van der Waals surface area contributed by atoms with Crippen LogP contribution >= 0.6 is 24.0 Å². The van der Waals surface area contributed by atoms with Gasteiger partial charge in [-0.05, 0) is 43.2 Å². The lowest BCUT2D eigenvalue weighted by molar-refractivity contribution is -0.0605. The predicted octanol–water partition coefficient (Wildman–Crippen LogP) is 3.60. The molecular weight excluding hydrogens is 510 g/mol. The van der Waals surface area contributed by atoms with Gasteiger partial charge in [0.1, 0.15) is 11.9 Å². The fraction of sp³-hybridized carbons (Fsp3) is 0.391. The lowest BCUT2D eigenvalue weighted by atomic mass is 10.1. The van der Waals surface area contributed by atoms with Crippen molar-refractivity contribution >= 4 is 35.8 Å². The van der Waals surface area contributed by atoms with Crippen LogP contribution in [0.2, 0.25) is 0 Å². The number of benzene rings is 2. The Hall–Kier alpha value is -2.20. The van der Waals surface area contributed by atoms with E-state index >= 15 is 0 Å². The van der Waals surface area contributed by atoms with E-state index in [0.29, 0.717) is 25.2 Å². The molecule has 0 radical (unpaired) electrons. The van der Waals surface area contributed by atoms with Gasteiger partial charge in [-0.25, -0.2) is 4.39 Å². The summed E-state index contributed by atoms with van der Waals surface area (Å²) in [4.78, 5) is 18.6. The molecule has 0 aliphatic carbocycles. The maximum absolute atomic E-state index is 13.2.